The van der Waals surface area contributed by atoms with Crippen LogP contribution in [-0.2, 0) is 0 Å². The molecule has 80 valence electrons. The van der Waals surface area contributed by atoms with Gasteiger partial charge in [0.1, 0.15) is 0 Å². The molecule has 0 amide bonds. The molecule has 1 heterocycles. The van der Waals surface area contributed by atoms with Crippen LogP contribution in [0, 0.1) is 0 Å². The van der Waals surface area contributed by atoms with Crippen molar-refractivity contribution >= 4 is 39.2 Å². The molecule has 3 aromatic rings. The highest BCUT2D eigenvalue weighted by Gasteiger charge is 2.01. The van der Waals surface area contributed by atoms with E-state index in [0.717, 1.165) is 0 Å². The van der Waals surface area contributed by atoms with Crippen molar-refractivity contribution in [3.63, 3.8) is 0 Å². The van der Waals surface area contributed by atoms with Crippen LogP contribution < -0.4 is 0 Å². The quantitative estimate of drug-likeness (QED) is 0.581. The minimum absolute atomic E-state index is 0.750. The van der Waals surface area contributed by atoms with Gasteiger partial charge in [-0.2, -0.15) is 0 Å². The molecule has 0 atom stereocenters. The molecule has 0 saturated carbocycles. The average Bonchev–Trinajstić information content (AvgIpc) is 2.68. The molecule has 0 bridgehead atoms. The average molecular weight is 230 g/mol. The van der Waals surface area contributed by atoms with E-state index in [2.05, 4.69) is 48.5 Å². The van der Waals surface area contributed by atoms with Crippen molar-refractivity contribution in [3.8, 4) is 0 Å². The Morgan fingerprint density at radius 3 is 1.56 bits per heavy atom. The molecule has 0 radical (unpaired) electrons. The minimum Gasteiger partial charge on any atom is -0.430 e. The van der Waals surface area contributed by atoms with E-state index in [-0.39, 0.29) is 0 Å². The van der Waals surface area contributed by atoms with Gasteiger partial charge in [-0.25, -0.2) is 0 Å². The number of hydrogen-bond acceptors (Lipinski definition) is 3. The molecule has 2 aromatic carbocycles. The molecule has 2 N–H and O–H groups in total. The topological polar surface area (TPSA) is 40.5 Å². The first kappa shape index (κ1) is 11.1. The SMILES string of the molecule is OBO.c1ccc2c(c1)sc1ccccc12. The van der Waals surface area contributed by atoms with Crippen molar-refractivity contribution in [2.75, 3.05) is 0 Å². The Labute approximate surface area is 98.1 Å². The second-order valence-electron chi connectivity index (χ2n) is 3.24. The maximum absolute atomic E-state index is 7.12. The molecular formula is C12H11BO2S. The van der Waals surface area contributed by atoms with Crippen molar-refractivity contribution in [3.05, 3.63) is 48.5 Å². The van der Waals surface area contributed by atoms with Crippen molar-refractivity contribution in [1.82, 2.24) is 0 Å². The zero-order valence-corrected chi connectivity index (χ0v) is 9.45. The summed E-state index contributed by atoms with van der Waals surface area (Å²) >= 11 is 1.86. The van der Waals surface area contributed by atoms with Crippen LogP contribution in [0.4, 0.5) is 0 Å². The molecule has 0 unspecified atom stereocenters. The van der Waals surface area contributed by atoms with Crippen LogP contribution in [0.15, 0.2) is 48.5 Å². The number of hydrogen-bond donors (Lipinski definition) is 2. The summed E-state index contributed by atoms with van der Waals surface area (Å²) in [4.78, 5) is 0. The summed E-state index contributed by atoms with van der Waals surface area (Å²) in [6.45, 7) is 0. The van der Waals surface area contributed by atoms with Gasteiger partial charge in [-0.1, -0.05) is 36.4 Å². The number of thiophene rings is 1. The number of fused-ring (bicyclic) bond motifs is 3. The van der Waals surface area contributed by atoms with Crippen molar-refractivity contribution in [2.24, 2.45) is 0 Å². The summed E-state index contributed by atoms with van der Waals surface area (Å²) in [5, 5.41) is 17.0. The summed E-state index contributed by atoms with van der Waals surface area (Å²) in [6, 6.07) is 17.1. The molecular weight excluding hydrogens is 219 g/mol. The molecule has 0 spiro atoms. The van der Waals surface area contributed by atoms with Gasteiger partial charge in [-0.05, 0) is 12.1 Å². The van der Waals surface area contributed by atoms with Gasteiger partial charge in [0.15, 0.2) is 0 Å². The van der Waals surface area contributed by atoms with Gasteiger partial charge in [0, 0.05) is 20.2 Å². The van der Waals surface area contributed by atoms with Gasteiger partial charge in [-0.15, -0.1) is 11.3 Å². The Hall–Kier alpha value is -1.36. The molecule has 4 heteroatoms. The summed E-state index contributed by atoms with van der Waals surface area (Å²) < 4.78 is 2.76. The lowest BCUT2D eigenvalue weighted by molar-refractivity contribution is 0.448. The van der Waals surface area contributed by atoms with Crippen LogP contribution in [0.3, 0.4) is 0 Å². The molecule has 3 rings (SSSR count). The predicted octanol–water partition coefficient (Wildman–Crippen LogP) is 2.29. The Morgan fingerprint density at radius 1 is 0.750 bits per heavy atom. The maximum atomic E-state index is 7.12. The molecule has 1 aromatic heterocycles. The Morgan fingerprint density at radius 2 is 1.12 bits per heavy atom. The highest BCUT2D eigenvalue weighted by Crippen LogP contribution is 2.32. The summed E-state index contributed by atoms with van der Waals surface area (Å²) in [5.41, 5.74) is 0. The van der Waals surface area contributed by atoms with Crippen molar-refractivity contribution in [2.45, 2.75) is 0 Å². The van der Waals surface area contributed by atoms with E-state index in [4.69, 9.17) is 10.0 Å². The second kappa shape index (κ2) is 5.12. The lowest BCUT2D eigenvalue weighted by Gasteiger charge is -1.88. The van der Waals surface area contributed by atoms with Crippen LogP contribution in [0.25, 0.3) is 20.2 Å². The summed E-state index contributed by atoms with van der Waals surface area (Å²) in [7, 11) is -0.750. The van der Waals surface area contributed by atoms with E-state index in [1.807, 2.05) is 11.3 Å². The van der Waals surface area contributed by atoms with Gasteiger partial charge >= 0.3 is 7.69 Å². The molecule has 2 nitrogen and oxygen atoms in total. The fraction of sp³-hybridized carbons (Fsp3) is 0. The van der Waals surface area contributed by atoms with Crippen molar-refractivity contribution < 1.29 is 10.0 Å². The molecule has 0 saturated heterocycles. The van der Waals surface area contributed by atoms with Crippen LogP contribution >= 0.6 is 11.3 Å². The number of benzene rings is 2. The zero-order valence-electron chi connectivity index (χ0n) is 8.63. The minimum atomic E-state index is -0.750. The van der Waals surface area contributed by atoms with Crippen molar-refractivity contribution in [1.29, 1.82) is 0 Å². The fourth-order valence-corrected chi connectivity index (χ4v) is 2.78. The molecule has 0 aliphatic carbocycles. The van der Waals surface area contributed by atoms with E-state index in [1.165, 1.54) is 20.2 Å². The van der Waals surface area contributed by atoms with Crippen LogP contribution in [0.2, 0.25) is 0 Å². The largest absolute Gasteiger partial charge is 0.432 e. The van der Waals surface area contributed by atoms with Crippen LogP contribution in [-0.4, -0.2) is 17.7 Å². The Balaban J connectivity index is 0.000000292. The zero-order chi connectivity index (χ0) is 11.4. The molecule has 0 aliphatic heterocycles. The van der Waals surface area contributed by atoms with Crippen LogP contribution in [0.5, 0.6) is 0 Å². The molecule has 0 aliphatic rings. The Kier molecular flexibility index (Phi) is 3.56. The van der Waals surface area contributed by atoms with Gasteiger partial charge in [0.25, 0.3) is 0 Å². The summed E-state index contributed by atoms with van der Waals surface area (Å²) in [6.07, 6.45) is 0. The van der Waals surface area contributed by atoms with E-state index < -0.39 is 7.69 Å². The molecule has 16 heavy (non-hydrogen) atoms. The second-order valence-corrected chi connectivity index (χ2v) is 4.32. The van der Waals surface area contributed by atoms with Gasteiger partial charge in [0.2, 0.25) is 0 Å². The number of rotatable bonds is 0. The first-order valence-electron chi connectivity index (χ1n) is 4.95. The van der Waals surface area contributed by atoms with E-state index in [9.17, 15) is 0 Å². The Bertz CT molecular complexity index is 541. The third kappa shape index (κ3) is 2.09. The lowest BCUT2D eigenvalue weighted by Crippen LogP contribution is -1.75. The first-order chi connectivity index (χ1) is 7.86. The first-order valence-corrected chi connectivity index (χ1v) is 5.76. The van der Waals surface area contributed by atoms with Gasteiger partial charge < -0.3 is 10.0 Å². The highest BCUT2D eigenvalue weighted by atomic mass is 32.1. The fourth-order valence-electron chi connectivity index (χ4n) is 1.67. The third-order valence-corrected chi connectivity index (χ3v) is 3.44. The summed E-state index contributed by atoms with van der Waals surface area (Å²) in [5.74, 6) is 0. The standard InChI is InChI=1S/C12H8S.BH3O2/c1-3-7-11-9(5-1)10-6-2-4-8-12(10)13-11;2-1-3/h1-8H;1-3H. The third-order valence-electron chi connectivity index (χ3n) is 2.28. The van der Waals surface area contributed by atoms with Gasteiger partial charge in [0.05, 0.1) is 0 Å². The van der Waals surface area contributed by atoms with Crippen LogP contribution in [0.1, 0.15) is 0 Å². The van der Waals surface area contributed by atoms with E-state index in [1.54, 1.807) is 0 Å². The van der Waals surface area contributed by atoms with E-state index in [0.29, 0.717) is 0 Å². The monoisotopic (exact) mass is 230 g/mol. The smallest absolute Gasteiger partial charge is 0.430 e. The van der Waals surface area contributed by atoms with Gasteiger partial charge in [-0.3, -0.25) is 0 Å². The van der Waals surface area contributed by atoms with E-state index >= 15 is 0 Å². The lowest BCUT2D eigenvalue weighted by atomic mass is 10.2. The highest BCUT2D eigenvalue weighted by molar-refractivity contribution is 7.25. The molecule has 0 fully saturated rings. The normalized spacial score (nSPS) is 9.88. The predicted molar refractivity (Wildman–Crippen MR) is 70.9 cm³/mol. The maximum Gasteiger partial charge on any atom is 0.432 e.